The number of nitrogens with zero attached hydrogens (tertiary/aromatic N) is 1. The molecule has 1 amide bonds. The maximum absolute atomic E-state index is 14.0. The number of aliphatic imine (C=N–C) groups is 1. The molecule has 0 spiro atoms. The van der Waals surface area contributed by atoms with Crippen molar-refractivity contribution in [2.75, 3.05) is 13.1 Å². The number of hydrogen-bond acceptors (Lipinski definition) is 4. The van der Waals surface area contributed by atoms with E-state index >= 15 is 0 Å². The zero-order valence-corrected chi connectivity index (χ0v) is 14.6. The molecule has 0 bridgehead atoms. The van der Waals surface area contributed by atoms with Crippen LogP contribution in [0.5, 0.6) is 0 Å². The fourth-order valence-electron chi connectivity index (χ4n) is 3.08. The monoisotopic (exact) mass is 409 g/mol. The number of alkyl halides is 3. The number of nitrogens with one attached hydrogen (secondary N) is 2. The number of hydrogen-bond donors (Lipinski definition) is 4. The molecule has 1 aromatic carbocycles. The number of amides is 1. The molecule has 1 aliphatic rings. The maximum atomic E-state index is 14.0. The van der Waals surface area contributed by atoms with Crippen molar-refractivity contribution in [2.24, 2.45) is 4.99 Å². The summed E-state index contributed by atoms with van der Waals surface area (Å²) in [6.45, 7) is -0.595. The van der Waals surface area contributed by atoms with E-state index in [2.05, 4.69) is 15.6 Å². The Balaban J connectivity index is 2.15. The predicted octanol–water partition coefficient (Wildman–Crippen LogP) is 2.78. The van der Waals surface area contributed by atoms with Gasteiger partial charge in [0.05, 0.1) is 18.6 Å². The first kappa shape index (κ1) is 21.9. The molecule has 6 nitrogen and oxygen atoms in total. The second-order valence-corrected chi connectivity index (χ2v) is 6.49. The summed E-state index contributed by atoms with van der Waals surface area (Å²) in [5, 5.41) is 23.2. The van der Waals surface area contributed by atoms with E-state index in [0.29, 0.717) is 0 Å². The first-order valence-corrected chi connectivity index (χ1v) is 8.53. The van der Waals surface area contributed by atoms with Gasteiger partial charge in [-0.05, 0) is 25.0 Å². The van der Waals surface area contributed by atoms with E-state index in [4.69, 9.17) is 5.11 Å². The van der Waals surface area contributed by atoms with Gasteiger partial charge in [0.15, 0.2) is 0 Å². The summed E-state index contributed by atoms with van der Waals surface area (Å²) < 4.78 is 65.0. The van der Waals surface area contributed by atoms with Crippen LogP contribution in [0.3, 0.4) is 0 Å². The van der Waals surface area contributed by atoms with E-state index in [1.54, 1.807) is 0 Å². The number of amidine groups is 1. The van der Waals surface area contributed by atoms with Crippen LogP contribution in [0.1, 0.15) is 30.7 Å². The van der Waals surface area contributed by atoms with Crippen molar-refractivity contribution in [2.45, 2.75) is 43.5 Å². The molecule has 2 rings (SSSR count). The van der Waals surface area contributed by atoms with Crippen molar-refractivity contribution in [1.29, 1.82) is 0 Å². The number of benzene rings is 1. The van der Waals surface area contributed by atoms with Gasteiger partial charge >= 0.3 is 12.3 Å². The highest BCUT2D eigenvalue weighted by atomic mass is 19.4. The first-order chi connectivity index (χ1) is 13.1. The Hall–Kier alpha value is -2.43. The Morgan fingerprint density at radius 3 is 2.46 bits per heavy atom. The summed E-state index contributed by atoms with van der Waals surface area (Å²) in [7, 11) is 0. The van der Waals surface area contributed by atoms with E-state index in [0.717, 1.165) is 12.1 Å². The molecule has 1 heterocycles. The van der Waals surface area contributed by atoms with Crippen molar-refractivity contribution in [3.63, 3.8) is 0 Å². The van der Waals surface area contributed by atoms with Gasteiger partial charge in [-0.1, -0.05) is 6.07 Å². The first-order valence-electron chi connectivity index (χ1n) is 8.53. The lowest BCUT2D eigenvalue weighted by Crippen LogP contribution is -2.48. The molecule has 0 saturated heterocycles. The molecule has 11 heteroatoms. The second-order valence-electron chi connectivity index (χ2n) is 6.49. The molecule has 0 radical (unpaired) electrons. The lowest BCUT2D eigenvalue weighted by molar-refractivity contribution is -0.152. The number of rotatable bonds is 5. The van der Waals surface area contributed by atoms with E-state index < -0.39 is 54.9 Å². The third-order valence-electron chi connectivity index (χ3n) is 4.31. The molecule has 156 valence electrons. The highest BCUT2D eigenvalue weighted by Gasteiger charge is 2.32. The highest BCUT2D eigenvalue weighted by Crippen LogP contribution is 2.29. The van der Waals surface area contributed by atoms with Gasteiger partial charge in [-0.25, -0.2) is 13.6 Å². The summed E-state index contributed by atoms with van der Waals surface area (Å²) in [5.74, 6) is -2.15. The molecular formula is C17H20F5N3O3. The minimum absolute atomic E-state index is 0.0165. The summed E-state index contributed by atoms with van der Waals surface area (Å²) in [6.07, 6.45) is -8.82. The van der Waals surface area contributed by atoms with Crippen LogP contribution in [0.2, 0.25) is 0 Å². The minimum Gasteiger partial charge on any atom is -0.465 e. The van der Waals surface area contributed by atoms with E-state index in [-0.39, 0.29) is 30.8 Å². The average molecular weight is 409 g/mol. The van der Waals surface area contributed by atoms with Crippen molar-refractivity contribution >= 4 is 11.9 Å². The third-order valence-corrected chi connectivity index (χ3v) is 4.31. The molecule has 0 fully saturated rings. The Kier molecular flexibility index (Phi) is 7.17. The number of aliphatic hydroxyl groups excluding tert-OH is 1. The van der Waals surface area contributed by atoms with Crippen LogP contribution in [0, 0.1) is 11.6 Å². The van der Waals surface area contributed by atoms with Crippen molar-refractivity contribution in [1.82, 2.24) is 10.6 Å². The normalized spacial score (nSPS) is 21.4. The van der Waals surface area contributed by atoms with E-state index in [9.17, 15) is 31.9 Å². The van der Waals surface area contributed by atoms with E-state index in [1.807, 2.05) is 0 Å². The molecule has 0 aromatic heterocycles. The quantitative estimate of drug-likeness (QED) is 0.563. The van der Waals surface area contributed by atoms with Crippen LogP contribution < -0.4 is 10.6 Å². The smallest absolute Gasteiger partial charge is 0.405 e. The molecule has 1 unspecified atom stereocenters. The Morgan fingerprint density at radius 1 is 1.25 bits per heavy atom. The molecule has 0 aliphatic carbocycles. The maximum Gasteiger partial charge on any atom is 0.405 e. The molecule has 0 saturated carbocycles. The Labute approximate surface area is 157 Å². The highest BCUT2D eigenvalue weighted by molar-refractivity contribution is 5.90. The summed E-state index contributed by atoms with van der Waals surface area (Å²) in [4.78, 5) is 15.1. The largest absolute Gasteiger partial charge is 0.465 e. The van der Waals surface area contributed by atoms with Crippen molar-refractivity contribution in [3.8, 4) is 0 Å². The second kappa shape index (κ2) is 9.18. The van der Waals surface area contributed by atoms with Crippen LogP contribution in [0.15, 0.2) is 23.2 Å². The van der Waals surface area contributed by atoms with Crippen molar-refractivity contribution < 1.29 is 37.0 Å². The molecule has 28 heavy (non-hydrogen) atoms. The molecule has 1 aromatic rings. The van der Waals surface area contributed by atoms with Crippen LogP contribution in [-0.2, 0) is 0 Å². The lowest BCUT2D eigenvalue weighted by atomic mass is 9.92. The third kappa shape index (κ3) is 6.32. The Morgan fingerprint density at radius 2 is 1.89 bits per heavy atom. The van der Waals surface area contributed by atoms with Crippen LogP contribution in [-0.4, -0.2) is 53.6 Å². The fourth-order valence-corrected chi connectivity index (χ4v) is 3.08. The summed E-state index contributed by atoms with van der Waals surface area (Å²) >= 11 is 0. The SMILES string of the molecule is O=C(O)N[C@@H]1CC[C@@H](c2c(F)cccc2F)CN=C1NCC(O)CC(F)(F)F. The molecular weight excluding hydrogens is 389 g/mol. The van der Waals surface area contributed by atoms with Gasteiger partial charge < -0.3 is 20.8 Å². The van der Waals surface area contributed by atoms with Gasteiger partial charge in [0.1, 0.15) is 17.5 Å². The number of carbonyl (C=O) groups is 1. The van der Waals surface area contributed by atoms with Gasteiger partial charge in [-0.15, -0.1) is 0 Å². The predicted molar refractivity (Wildman–Crippen MR) is 90.3 cm³/mol. The topological polar surface area (TPSA) is 94.0 Å². The molecule has 3 atom stereocenters. The lowest BCUT2D eigenvalue weighted by Gasteiger charge is -2.21. The summed E-state index contributed by atoms with van der Waals surface area (Å²) in [6, 6.07) is 2.52. The molecule has 1 aliphatic heterocycles. The fraction of sp³-hybridized carbons (Fsp3) is 0.529. The molecule has 4 N–H and O–H groups in total. The number of aliphatic hydroxyl groups is 1. The summed E-state index contributed by atoms with van der Waals surface area (Å²) in [5.41, 5.74) is -0.168. The zero-order chi connectivity index (χ0) is 20.9. The van der Waals surface area contributed by atoms with Gasteiger partial charge in [-0.3, -0.25) is 4.99 Å². The number of halogens is 5. The minimum atomic E-state index is -4.56. The average Bonchev–Trinajstić information content (AvgIpc) is 2.74. The van der Waals surface area contributed by atoms with Crippen molar-refractivity contribution in [3.05, 3.63) is 35.4 Å². The van der Waals surface area contributed by atoms with Gasteiger partial charge in [-0.2, -0.15) is 13.2 Å². The zero-order valence-electron chi connectivity index (χ0n) is 14.6. The van der Waals surface area contributed by atoms with Crippen LogP contribution in [0.4, 0.5) is 26.7 Å². The Bertz CT molecular complexity index is 706. The van der Waals surface area contributed by atoms with Gasteiger partial charge in [0.25, 0.3) is 0 Å². The van der Waals surface area contributed by atoms with Crippen LogP contribution >= 0.6 is 0 Å². The van der Waals surface area contributed by atoms with Crippen LogP contribution in [0.25, 0.3) is 0 Å². The van der Waals surface area contributed by atoms with E-state index in [1.165, 1.54) is 6.07 Å². The van der Waals surface area contributed by atoms with Gasteiger partial charge in [0, 0.05) is 24.6 Å². The standard InChI is InChI=1S/C17H20F5N3O3/c18-11-2-1-3-12(19)14(11)9-4-5-13(25-16(27)28)15(23-7-9)24-8-10(26)6-17(20,21)22/h1-3,9-10,13,25-26H,4-8H2,(H,23,24)(H,27,28)/t9-,10?,13-/m1/s1. The van der Waals surface area contributed by atoms with Gasteiger partial charge in [0.2, 0.25) is 0 Å². The number of carboxylic acid groups (broad SMARTS) is 1.